The number of carbonyl (C=O) groups excluding carboxylic acids is 2. The summed E-state index contributed by atoms with van der Waals surface area (Å²) in [6, 6.07) is 11.5. The smallest absolute Gasteiger partial charge is 0.493 e. The van der Waals surface area contributed by atoms with E-state index in [9.17, 15) is 39.3 Å². The quantitative estimate of drug-likeness (QED) is 0.0196. The summed E-state index contributed by atoms with van der Waals surface area (Å²) >= 11 is 0. The van der Waals surface area contributed by atoms with E-state index in [2.05, 4.69) is 30.9 Å². The van der Waals surface area contributed by atoms with Gasteiger partial charge >= 0.3 is 35.0 Å². The number of methoxy groups -OCH3 is 1. The third kappa shape index (κ3) is 20.1. The van der Waals surface area contributed by atoms with Gasteiger partial charge in [-0.25, -0.2) is 15.4 Å². The molecule has 0 spiro atoms. The number of aryl methyl sites for hydroxylation is 1. The van der Waals surface area contributed by atoms with Crippen LogP contribution in [0.25, 0.3) is 22.2 Å². The zero-order valence-electron chi connectivity index (χ0n) is 39.6. The first-order valence-electron chi connectivity index (χ1n) is 23.4. The van der Waals surface area contributed by atoms with Gasteiger partial charge in [0.15, 0.2) is 11.5 Å². The van der Waals surface area contributed by atoms with Crippen LogP contribution in [0.1, 0.15) is 57.8 Å². The number of fused-ring (bicyclic) bond motifs is 1. The average Bonchev–Trinajstić information content (AvgIpc) is 3.80. The van der Waals surface area contributed by atoms with Gasteiger partial charge in [0.2, 0.25) is 11.8 Å². The van der Waals surface area contributed by atoms with Crippen molar-refractivity contribution in [2.24, 2.45) is 0 Å². The van der Waals surface area contributed by atoms with Gasteiger partial charge in [-0.05, 0) is 43.9 Å². The monoisotopic (exact) mass is 1030 g/mol. The first kappa shape index (κ1) is 56.6. The van der Waals surface area contributed by atoms with E-state index in [1.54, 1.807) is 27.3 Å². The minimum atomic E-state index is -1.02. The summed E-state index contributed by atoms with van der Waals surface area (Å²) in [7, 11) is 1.58. The van der Waals surface area contributed by atoms with E-state index >= 15 is 0 Å². The van der Waals surface area contributed by atoms with Crippen LogP contribution in [0, 0.1) is 0 Å². The summed E-state index contributed by atoms with van der Waals surface area (Å²) in [6.07, 6.45) is 10.3. The predicted octanol–water partition coefficient (Wildman–Crippen LogP) is 2.62. The number of benzene rings is 2. The van der Waals surface area contributed by atoms with Gasteiger partial charge in [-0.15, -0.1) is 5.10 Å². The van der Waals surface area contributed by atoms with E-state index in [1.807, 2.05) is 52.2 Å². The normalized spacial score (nSPS) is 14.4. The molecule has 1 fully saturated rings. The molecule has 1 aliphatic heterocycles. The molecule has 3 heterocycles. The number of anilines is 2. The Balaban J connectivity index is 0.0000107. The number of unbranched alkanes of at least 4 members (excludes halogenated alkanes) is 6. The van der Waals surface area contributed by atoms with Gasteiger partial charge < -0.3 is 35.4 Å². The molecule has 1 aliphatic rings. The van der Waals surface area contributed by atoms with Gasteiger partial charge in [0.05, 0.1) is 51.6 Å². The maximum atomic E-state index is 13.0. The molecule has 23 nitrogen and oxygen atoms in total. The molecule has 2 amide bonds. The van der Waals surface area contributed by atoms with Crippen molar-refractivity contribution in [3.05, 3.63) is 48.9 Å². The van der Waals surface area contributed by atoms with Gasteiger partial charge in [-0.1, -0.05) is 43.0 Å². The van der Waals surface area contributed by atoms with Crippen molar-refractivity contribution in [2.75, 3.05) is 104 Å². The van der Waals surface area contributed by atoms with Crippen molar-refractivity contribution in [2.45, 2.75) is 64.3 Å². The minimum absolute atomic E-state index is 0. The SMILES string of the molecule is COc1cc2ncnc(Nc3cccc(-c4cn(CCCCCCNC(=O)CN5CCN(CC(=O)O)CCN(CC(=O)O)CCN(CC(=O)O)CC5)nn4)c3)c2cc1OCCCCCCC(=O)NO.[64Cu+2]. The number of aromatic nitrogens is 5. The fourth-order valence-electron chi connectivity index (χ4n) is 7.87. The standard InChI is InChI=1S/C46H66N12O11.Cu/c1-68-39-27-37-36(26-40(39)69-24-9-5-2-6-13-41(59)52-67)46(49-33-48-37)50-35-12-10-11-34(25-35)38-28-58(53-51-38)15-8-4-3-7-14-47-42(60)29-54-16-18-55(30-43(61)62)20-22-57(32-45(65)66)23-21-56(19-17-54)31-44(63)64;/h10-12,25-28,33,67H,2-9,13-24,29-32H2,1H3,(H,47,60)(H,52,59)(H,61,62)(H,63,64)(H,65,66)(H,48,49,50);/q;+2/i;1+0. The van der Waals surface area contributed by atoms with E-state index < -0.39 is 17.9 Å². The van der Waals surface area contributed by atoms with Crippen LogP contribution < -0.4 is 25.6 Å². The molecule has 24 heteroatoms. The van der Waals surface area contributed by atoms with Crippen LogP contribution in [0.15, 0.2) is 48.9 Å². The van der Waals surface area contributed by atoms with Gasteiger partial charge in [0.25, 0.3) is 0 Å². The zero-order chi connectivity index (χ0) is 49.4. The first-order valence-corrected chi connectivity index (χ1v) is 23.4. The third-order valence-electron chi connectivity index (χ3n) is 11.6. The van der Waals surface area contributed by atoms with Gasteiger partial charge in [-0.2, -0.15) is 0 Å². The molecular weight excluding hydrogens is 961 g/mol. The van der Waals surface area contributed by atoms with E-state index in [0.717, 1.165) is 67.3 Å². The Bertz CT molecular complexity index is 2260. The van der Waals surface area contributed by atoms with Crippen LogP contribution in [-0.4, -0.2) is 194 Å². The molecule has 0 atom stereocenters. The summed E-state index contributed by atoms with van der Waals surface area (Å²) in [6.45, 7) is 3.68. The number of nitrogens with one attached hydrogen (secondary N) is 3. The predicted molar refractivity (Wildman–Crippen MR) is 253 cm³/mol. The number of hydrogen-bond donors (Lipinski definition) is 7. The zero-order valence-corrected chi connectivity index (χ0v) is 40.5. The molecule has 7 N–H and O–H groups in total. The fourth-order valence-corrected chi connectivity index (χ4v) is 7.87. The van der Waals surface area contributed by atoms with Crippen molar-refractivity contribution in [1.82, 2.24) is 55.4 Å². The maximum absolute atomic E-state index is 13.0. The molecule has 1 radical (unpaired) electrons. The fraction of sp³-hybridized carbons (Fsp3) is 0.543. The van der Waals surface area contributed by atoms with Gasteiger partial charge in [-0.3, -0.25) is 53.5 Å². The summed E-state index contributed by atoms with van der Waals surface area (Å²) in [4.78, 5) is 74.9. The number of amides is 2. The molecule has 385 valence electrons. The topological polar surface area (TPSA) is 290 Å². The van der Waals surface area contributed by atoms with Gasteiger partial charge in [0.1, 0.15) is 17.8 Å². The van der Waals surface area contributed by atoms with E-state index in [4.69, 9.17) is 14.7 Å². The minimum Gasteiger partial charge on any atom is -0.493 e. The molecule has 70 heavy (non-hydrogen) atoms. The van der Waals surface area contributed by atoms with Crippen molar-refractivity contribution < 1.29 is 71.0 Å². The molecule has 2 aromatic carbocycles. The number of nitrogens with zero attached hydrogens (tertiary/aromatic N) is 9. The number of ether oxygens (including phenoxy) is 2. The molecule has 0 bridgehead atoms. The molecular formula is C46H66CuN12O11+2. The summed E-state index contributed by atoms with van der Waals surface area (Å²) < 4.78 is 13.5. The van der Waals surface area contributed by atoms with Crippen LogP contribution in [0.3, 0.4) is 0 Å². The molecule has 0 saturated carbocycles. The van der Waals surface area contributed by atoms with Crippen LogP contribution >= 0.6 is 0 Å². The summed E-state index contributed by atoms with van der Waals surface area (Å²) in [5.74, 6) is -1.88. The number of aliphatic carboxylic acids is 3. The van der Waals surface area contributed by atoms with Crippen molar-refractivity contribution in [3.8, 4) is 22.8 Å². The largest absolute Gasteiger partial charge is 2.00 e. The summed E-state index contributed by atoms with van der Waals surface area (Å²) in [5.41, 5.74) is 4.71. The number of rotatable bonds is 27. The number of carboxylic acids is 3. The molecule has 5 rings (SSSR count). The number of hydroxylamine groups is 1. The number of carbonyl (C=O) groups is 5. The van der Waals surface area contributed by atoms with E-state index in [-0.39, 0.29) is 61.5 Å². The Hall–Kier alpha value is -6.01. The Morgan fingerprint density at radius 1 is 0.686 bits per heavy atom. The maximum Gasteiger partial charge on any atom is 2.00 e. The first-order chi connectivity index (χ1) is 33.4. The van der Waals surface area contributed by atoms with Crippen molar-refractivity contribution >= 4 is 52.1 Å². The third-order valence-corrected chi connectivity index (χ3v) is 11.6. The Kier molecular flexibility index (Phi) is 24.7. The Labute approximate surface area is 417 Å². The van der Waals surface area contributed by atoms with Crippen LogP contribution in [0.5, 0.6) is 11.5 Å². The van der Waals surface area contributed by atoms with Crippen LogP contribution in [0.4, 0.5) is 11.5 Å². The summed E-state index contributed by atoms with van der Waals surface area (Å²) in [5, 5.41) is 52.9. The van der Waals surface area contributed by atoms with E-state index in [0.29, 0.717) is 101 Å². The van der Waals surface area contributed by atoms with E-state index in [1.165, 1.54) is 6.33 Å². The Morgan fingerprint density at radius 2 is 1.29 bits per heavy atom. The van der Waals surface area contributed by atoms with Crippen LogP contribution in [0.2, 0.25) is 0 Å². The number of carboxylic acid groups (broad SMARTS) is 3. The molecule has 4 aromatic rings. The van der Waals surface area contributed by atoms with Crippen molar-refractivity contribution in [1.29, 1.82) is 0 Å². The van der Waals surface area contributed by atoms with Crippen molar-refractivity contribution in [3.63, 3.8) is 0 Å². The second-order valence-corrected chi connectivity index (χ2v) is 16.9. The van der Waals surface area contributed by atoms with Gasteiger partial charge in [0, 0.05) is 94.6 Å². The molecule has 1 saturated heterocycles. The molecule has 0 aliphatic carbocycles. The number of hydrogen-bond acceptors (Lipinski definition) is 17. The van der Waals surface area contributed by atoms with Crippen LogP contribution in [-0.2, 0) is 47.6 Å². The molecule has 0 unspecified atom stereocenters. The average molecular weight is 1030 g/mol. The second-order valence-electron chi connectivity index (χ2n) is 16.9. The second kappa shape index (κ2) is 30.6. The molecule has 2 aromatic heterocycles. The Morgan fingerprint density at radius 3 is 1.90 bits per heavy atom.